The van der Waals surface area contributed by atoms with Crippen molar-refractivity contribution in [2.45, 2.75) is 197 Å². The van der Waals surface area contributed by atoms with Crippen molar-refractivity contribution in [3.63, 3.8) is 0 Å². The number of rotatable bonds is 57. The van der Waals surface area contributed by atoms with Gasteiger partial charge in [0, 0.05) is 51.9 Å². The molecule has 0 unspecified atom stereocenters. The summed E-state index contributed by atoms with van der Waals surface area (Å²) in [5.74, 6) is -33.5. The van der Waals surface area contributed by atoms with Crippen molar-refractivity contribution in [3.05, 3.63) is 0 Å². The Kier molecular flexibility index (Phi) is 43.9. The molecule has 11 atom stereocenters. The van der Waals surface area contributed by atoms with Gasteiger partial charge in [0.2, 0.25) is 88.1 Å². The number of carbonyl (C=O) groups is 23. The van der Waals surface area contributed by atoms with Crippen LogP contribution in [0.5, 0.6) is 0 Å². The van der Waals surface area contributed by atoms with Gasteiger partial charge >= 0.3 is 47.8 Å². The Labute approximate surface area is 606 Å². The Morgan fingerprint density at radius 3 is 0.860 bits per heavy atom. The molecule has 0 aromatic heterocycles. The van der Waals surface area contributed by atoms with Crippen molar-refractivity contribution in [3.8, 4) is 0 Å². The zero-order chi connectivity index (χ0) is 82.1. The SMILES string of the molecule is CC(=O)N[C@H](C(=O)N[C@@H](CC(=O)O)C(=O)C(=O)[C@H](CO)NN[C@H](C(=O)N[C@@H](CCC(=O)O)C(=O)NCC(=O)N[C@@H](CCC(=O)O)C(=O)NCC(=O)N[C@@H](CCC(=O)O)C(=O)N[C@@H](CCC(=O)O)C(=O)N[C@@H](CCC(=O)O)C(=O)NCC(=O)N[C@@H](CCC(=O)O)C(=O)C(=O)[C@H](CCC(=O)O)NO)C(C)C)C(C)C. The van der Waals surface area contributed by atoms with E-state index >= 15 is 0 Å². The highest BCUT2D eigenvalue weighted by Gasteiger charge is 2.39. The van der Waals surface area contributed by atoms with E-state index in [-0.39, 0.29) is 0 Å². The average molecular weight is 1540 g/mol. The fourth-order valence-corrected chi connectivity index (χ4v) is 9.16. The minimum absolute atomic E-state index is 0.597. The van der Waals surface area contributed by atoms with E-state index in [4.69, 9.17) is 5.11 Å². The molecule has 0 aliphatic heterocycles. The average Bonchev–Trinajstić information content (AvgIpc) is 0.846. The third-order valence-electron chi connectivity index (χ3n) is 14.8. The van der Waals surface area contributed by atoms with Crippen LogP contribution in [0.15, 0.2) is 0 Å². The summed E-state index contributed by atoms with van der Waals surface area (Å²) >= 11 is 0. The summed E-state index contributed by atoms with van der Waals surface area (Å²) in [7, 11) is 0. The van der Waals surface area contributed by atoms with Crippen LogP contribution in [0.4, 0.5) is 0 Å². The van der Waals surface area contributed by atoms with Gasteiger partial charge in [0.15, 0.2) is 0 Å². The Morgan fingerprint density at radius 2 is 0.542 bits per heavy atom. The number of amides is 11. The predicted octanol–water partition coefficient (Wildman–Crippen LogP) is -9.48. The van der Waals surface area contributed by atoms with Crippen LogP contribution >= 0.6 is 0 Å². The van der Waals surface area contributed by atoms with Crippen LogP contribution in [0.25, 0.3) is 0 Å². The molecule has 0 aromatic rings. The molecule has 0 heterocycles. The maximum atomic E-state index is 13.8. The van der Waals surface area contributed by atoms with E-state index in [0.29, 0.717) is 0 Å². The van der Waals surface area contributed by atoms with Gasteiger partial charge in [-0.3, -0.25) is 110 Å². The summed E-state index contributed by atoms with van der Waals surface area (Å²) in [5.41, 5.74) is 6.08. The zero-order valence-electron chi connectivity index (χ0n) is 58.3. The van der Waals surface area contributed by atoms with Crippen molar-refractivity contribution in [1.82, 2.24) is 74.8 Å². The third kappa shape index (κ3) is 39.2. The van der Waals surface area contributed by atoms with Crippen molar-refractivity contribution >= 4 is 136 Å². The first kappa shape index (κ1) is 95.4. The van der Waals surface area contributed by atoms with Gasteiger partial charge in [0.05, 0.1) is 44.7 Å². The molecule has 0 saturated carbocycles. The quantitative estimate of drug-likeness (QED) is 0.0199. The molecular formula is C60H90N14O33. The molecule has 107 heavy (non-hydrogen) atoms. The molecule has 24 N–H and O–H groups in total. The molecule has 0 fully saturated rings. The van der Waals surface area contributed by atoms with E-state index in [1.165, 1.54) is 33.2 Å². The lowest BCUT2D eigenvalue weighted by Crippen LogP contribution is -2.62. The molecule has 0 aliphatic rings. The van der Waals surface area contributed by atoms with Gasteiger partial charge in [-0.25, -0.2) is 10.9 Å². The van der Waals surface area contributed by atoms with Gasteiger partial charge in [-0.1, -0.05) is 27.7 Å². The lowest BCUT2D eigenvalue weighted by atomic mass is 9.97. The lowest BCUT2D eigenvalue weighted by Gasteiger charge is -2.27. The number of hydroxylamine groups is 1. The maximum Gasteiger partial charge on any atom is 0.305 e. The number of aliphatic hydroxyl groups is 1. The Morgan fingerprint density at radius 1 is 0.280 bits per heavy atom. The first-order valence-electron chi connectivity index (χ1n) is 32.5. The highest BCUT2D eigenvalue weighted by atomic mass is 16.5. The maximum absolute atomic E-state index is 13.8. The molecule has 0 bridgehead atoms. The molecule has 47 heteroatoms. The van der Waals surface area contributed by atoms with Crippen LogP contribution in [0.1, 0.15) is 131 Å². The van der Waals surface area contributed by atoms with Gasteiger partial charge < -0.3 is 110 Å². The van der Waals surface area contributed by atoms with Gasteiger partial charge in [-0.15, -0.1) is 0 Å². The number of nitrogens with one attached hydrogen (secondary N) is 14. The number of aliphatic hydroxyl groups excluding tert-OH is 1. The van der Waals surface area contributed by atoms with E-state index in [1.54, 1.807) is 0 Å². The minimum atomic E-state index is -2.05. The van der Waals surface area contributed by atoms with Crippen LogP contribution in [0, 0.1) is 11.8 Å². The van der Waals surface area contributed by atoms with Gasteiger partial charge in [0.25, 0.3) is 0 Å². The number of Topliss-reactive ketones (excluding diaryl/α,β-unsaturated/α-hetero) is 4. The molecule has 0 aromatic carbocycles. The lowest BCUT2D eigenvalue weighted by molar-refractivity contribution is -0.145. The van der Waals surface area contributed by atoms with Crippen LogP contribution < -0.4 is 74.8 Å². The van der Waals surface area contributed by atoms with Crippen LogP contribution in [0.2, 0.25) is 0 Å². The molecular weight excluding hydrogens is 1440 g/mol. The van der Waals surface area contributed by atoms with Crippen molar-refractivity contribution in [2.24, 2.45) is 11.8 Å². The summed E-state index contributed by atoms with van der Waals surface area (Å²) < 4.78 is 0. The number of aliphatic carboxylic acids is 8. The topological polar surface area (TPSA) is 763 Å². The number of carboxylic acids is 8. The van der Waals surface area contributed by atoms with Gasteiger partial charge in [-0.2, -0.15) is 5.48 Å². The molecule has 0 aliphatic carbocycles. The summed E-state index contributed by atoms with van der Waals surface area (Å²) in [4.78, 5) is 291. The Bertz CT molecular complexity index is 3290. The number of carboxylic acid groups (broad SMARTS) is 8. The second-order valence-corrected chi connectivity index (χ2v) is 24.2. The van der Waals surface area contributed by atoms with Gasteiger partial charge in [0.1, 0.15) is 54.4 Å². The van der Waals surface area contributed by atoms with E-state index in [0.717, 1.165) is 6.92 Å². The highest BCUT2D eigenvalue weighted by molar-refractivity contribution is 6.42. The van der Waals surface area contributed by atoms with E-state index in [2.05, 4.69) is 53.4 Å². The number of hydrogen-bond acceptors (Lipinski definition) is 28. The molecule has 0 rings (SSSR count). The second-order valence-electron chi connectivity index (χ2n) is 24.2. The second kappa shape index (κ2) is 49.2. The summed E-state index contributed by atoms with van der Waals surface area (Å²) in [5, 5.41) is 117. The monoisotopic (exact) mass is 1530 g/mol. The van der Waals surface area contributed by atoms with Crippen LogP contribution in [-0.4, -0.2) is 280 Å². The first-order chi connectivity index (χ1) is 49.8. The zero-order valence-corrected chi connectivity index (χ0v) is 58.3. The smallest absolute Gasteiger partial charge is 0.305 e. The largest absolute Gasteiger partial charge is 0.481 e. The minimum Gasteiger partial charge on any atom is -0.481 e. The predicted molar refractivity (Wildman–Crippen MR) is 350 cm³/mol. The molecule has 47 nitrogen and oxygen atoms in total. The Hall–Kier alpha value is -11.6. The third-order valence-corrected chi connectivity index (χ3v) is 14.8. The van der Waals surface area contributed by atoms with Crippen LogP contribution in [-0.2, 0) is 110 Å². The molecule has 11 amide bonds. The standard InChI is InChI=1S/C60H90N14O33/c1-25(2)48(64-27(5)76)59(105)71-35(20-47(94)95)52(98)53(99)36(24-75)72-73-49(26(3)4)60(106)70-32(10-17-44(88)89)56(102)63-22-38(78)66-30(8-15-42(84)85)54(100)61-23-39(79)67-33(11-18-45(90)91)57(103)69-34(12-19-46(92)93)58(104)68-31(9-16-43(86)87)55(101)62-21-37(77)65-28(6-13-40(80)81)50(96)51(97)29(74-107)7-14-41(82)83/h25-26,28-36,48-49,72-75,107H,6-24H2,1-5H3,(H,61,100)(H,62,101)(H,63,102)(H,64,76)(H,65,77)(H,66,78)(H,67,79)(H,68,104)(H,69,103)(H,70,106)(H,71,105)(H,80,81)(H,82,83)(H,84,85)(H,86,87)(H,88,89)(H,90,91)(H,92,93)(H,94,95)/t28-,29-,30-,31-,32-,33-,34-,35-,36-,48-,49-/m0/s1. The van der Waals surface area contributed by atoms with Crippen molar-refractivity contribution in [2.75, 3.05) is 26.2 Å². The van der Waals surface area contributed by atoms with Gasteiger partial charge in [-0.05, 0) is 56.8 Å². The van der Waals surface area contributed by atoms with E-state index in [1.807, 2.05) is 16.0 Å². The normalized spacial score (nSPS) is 14.0. The van der Waals surface area contributed by atoms with E-state index < -0.39 is 337 Å². The molecule has 0 spiro atoms. The number of carbonyl (C=O) groups excluding carboxylic acids is 15. The van der Waals surface area contributed by atoms with Crippen molar-refractivity contribution < 1.29 is 161 Å². The summed E-state index contributed by atoms with van der Waals surface area (Å²) in [6.07, 6.45) is -12.5. The summed E-state index contributed by atoms with van der Waals surface area (Å²) in [6, 6.07) is -20.3. The molecule has 598 valence electrons. The fraction of sp³-hybridized carbons (Fsp3) is 0.617. The fourth-order valence-electron chi connectivity index (χ4n) is 9.16. The molecule has 0 radical (unpaired) electrons. The molecule has 0 saturated heterocycles. The first-order valence-corrected chi connectivity index (χ1v) is 32.5. The summed E-state index contributed by atoms with van der Waals surface area (Å²) in [6.45, 7) is 2.29. The van der Waals surface area contributed by atoms with E-state index in [9.17, 15) is 156 Å². The number of ketones is 4. The number of hydrazine groups is 1. The number of hydrogen-bond donors (Lipinski definition) is 24. The van der Waals surface area contributed by atoms with Crippen molar-refractivity contribution in [1.29, 1.82) is 0 Å². The highest BCUT2D eigenvalue weighted by Crippen LogP contribution is 2.12. The Balaban J connectivity index is 6.53. The van der Waals surface area contributed by atoms with Crippen LogP contribution in [0.3, 0.4) is 0 Å².